The lowest BCUT2D eigenvalue weighted by Crippen LogP contribution is -2.49. The second kappa shape index (κ2) is 7.21. The van der Waals surface area contributed by atoms with Crippen LogP contribution < -0.4 is 11.1 Å². The Hall–Kier alpha value is -0.660. The minimum atomic E-state index is -3.14. The van der Waals surface area contributed by atoms with Crippen molar-refractivity contribution in [1.82, 2.24) is 9.62 Å². The second-order valence-electron chi connectivity index (χ2n) is 5.71. The van der Waals surface area contributed by atoms with Crippen molar-refractivity contribution in [1.29, 1.82) is 0 Å². The fraction of sp³-hybridized carbons (Fsp3) is 0.917. The minimum Gasteiger partial charge on any atom is -0.355 e. The predicted molar refractivity (Wildman–Crippen MR) is 77.1 cm³/mol. The Bertz CT molecular complexity index is 388. The molecule has 0 fully saturated rings. The number of sulfonamides is 1. The third-order valence-electron chi connectivity index (χ3n) is 3.00. The molecule has 3 N–H and O–H groups in total. The van der Waals surface area contributed by atoms with Crippen LogP contribution in [0.3, 0.4) is 0 Å². The summed E-state index contributed by atoms with van der Waals surface area (Å²) in [5, 5.41) is 2.73. The zero-order chi connectivity index (χ0) is 15.3. The first kappa shape index (κ1) is 18.3. The molecule has 0 aromatic carbocycles. The highest BCUT2D eigenvalue weighted by Crippen LogP contribution is 2.16. The molecule has 0 aliphatic heterocycles. The summed E-state index contributed by atoms with van der Waals surface area (Å²) in [5.74, 6) is -0.112. The zero-order valence-electron chi connectivity index (χ0n) is 12.6. The number of nitrogens with zero attached hydrogens (tertiary/aromatic N) is 1. The van der Waals surface area contributed by atoms with Gasteiger partial charge in [-0.1, -0.05) is 20.8 Å². The molecule has 19 heavy (non-hydrogen) atoms. The first-order valence-electron chi connectivity index (χ1n) is 6.49. The van der Waals surface area contributed by atoms with Crippen LogP contribution in [0.4, 0.5) is 0 Å². The van der Waals surface area contributed by atoms with Crippen LogP contribution in [0.15, 0.2) is 0 Å². The molecule has 0 aliphatic rings. The molecule has 7 heteroatoms. The van der Waals surface area contributed by atoms with E-state index in [1.165, 1.54) is 4.31 Å². The molecule has 0 unspecified atom stereocenters. The molecular weight excluding hydrogens is 266 g/mol. The second-order valence-corrected chi connectivity index (χ2v) is 8.07. The average Bonchev–Trinajstić information content (AvgIpc) is 2.31. The van der Waals surface area contributed by atoms with E-state index < -0.39 is 16.1 Å². The van der Waals surface area contributed by atoms with E-state index in [1.54, 1.807) is 14.0 Å². The van der Waals surface area contributed by atoms with Crippen LogP contribution in [0, 0.1) is 5.41 Å². The lowest BCUT2D eigenvalue weighted by Gasteiger charge is -2.26. The van der Waals surface area contributed by atoms with Crippen molar-refractivity contribution in [2.45, 2.75) is 40.2 Å². The molecule has 1 amide bonds. The van der Waals surface area contributed by atoms with Crippen LogP contribution in [-0.4, -0.2) is 50.6 Å². The van der Waals surface area contributed by atoms with Crippen LogP contribution in [0.1, 0.15) is 34.1 Å². The summed E-state index contributed by atoms with van der Waals surface area (Å²) < 4.78 is 24.3. The first-order chi connectivity index (χ1) is 8.52. The molecule has 0 heterocycles. The quantitative estimate of drug-likeness (QED) is 0.653. The van der Waals surface area contributed by atoms with Crippen molar-refractivity contribution in [2.75, 3.05) is 25.9 Å². The Morgan fingerprint density at radius 2 is 1.89 bits per heavy atom. The summed E-state index contributed by atoms with van der Waals surface area (Å²) in [4.78, 5) is 11.7. The molecule has 1 atom stereocenters. The largest absolute Gasteiger partial charge is 0.355 e. The van der Waals surface area contributed by atoms with Gasteiger partial charge in [-0.05, 0) is 18.8 Å². The van der Waals surface area contributed by atoms with Gasteiger partial charge < -0.3 is 11.1 Å². The minimum absolute atomic E-state index is 0.0881. The fourth-order valence-electron chi connectivity index (χ4n) is 1.38. The van der Waals surface area contributed by atoms with Gasteiger partial charge in [-0.3, -0.25) is 4.79 Å². The number of amides is 1. The van der Waals surface area contributed by atoms with Gasteiger partial charge in [0.25, 0.3) is 0 Å². The predicted octanol–water partition coefficient (Wildman–Crippen LogP) is 0.148. The first-order valence-corrected chi connectivity index (χ1v) is 8.10. The van der Waals surface area contributed by atoms with Crippen molar-refractivity contribution in [3.05, 3.63) is 0 Å². The molecule has 0 aromatic rings. The van der Waals surface area contributed by atoms with Crippen LogP contribution >= 0.6 is 0 Å². The van der Waals surface area contributed by atoms with Crippen LogP contribution in [0.25, 0.3) is 0 Å². The molecule has 0 aromatic heterocycles. The molecule has 114 valence electrons. The summed E-state index contributed by atoms with van der Waals surface area (Å²) in [5.41, 5.74) is 5.52. The molecular formula is C12H27N3O3S. The maximum Gasteiger partial charge on any atom is 0.237 e. The molecule has 6 nitrogen and oxygen atoms in total. The summed E-state index contributed by atoms with van der Waals surface area (Å²) in [7, 11) is -1.60. The van der Waals surface area contributed by atoms with Crippen molar-refractivity contribution in [3.8, 4) is 0 Å². The Labute approximate surface area is 116 Å². The van der Waals surface area contributed by atoms with Gasteiger partial charge >= 0.3 is 0 Å². The third kappa shape index (κ3) is 6.35. The number of carbonyl (C=O) groups excluding carboxylic acids is 1. The summed E-state index contributed by atoms with van der Waals surface area (Å²) in [6, 6.07) is -0.565. The molecule has 0 aliphatic carbocycles. The van der Waals surface area contributed by atoms with Crippen molar-refractivity contribution in [3.63, 3.8) is 0 Å². The van der Waals surface area contributed by atoms with E-state index in [1.807, 2.05) is 20.8 Å². The van der Waals surface area contributed by atoms with Gasteiger partial charge in [0.05, 0.1) is 11.8 Å². The average molecular weight is 293 g/mol. The molecule has 0 saturated heterocycles. The van der Waals surface area contributed by atoms with Gasteiger partial charge in [0.2, 0.25) is 15.9 Å². The number of rotatable bonds is 7. The third-order valence-corrected chi connectivity index (χ3v) is 4.87. The number of nitrogens with two attached hydrogens (primary N) is 1. The van der Waals surface area contributed by atoms with E-state index in [-0.39, 0.29) is 17.1 Å². The van der Waals surface area contributed by atoms with Gasteiger partial charge in [0.1, 0.15) is 0 Å². The maximum atomic E-state index is 11.7. The van der Waals surface area contributed by atoms with Gasteiger partial charge in [-0.15, -0.1) is 0 Å². The number of nitrogens with one attached hydrogen (secondary N) is 1. The number of carbonyl (C=O) groups is 1. The highest BCUT2D eigenvalue weighted by Gasteiger charge is 2.27. The van der Waals surface area contributed by atoms with E-state index in [4.69, 9.17) is 5.73 Å². The molecule has 0 radical (unpaired) electrons. The van der Waals surface area contributed by atoms with E-state index in [9.17, 15) is 13.2 Å². The summed E-state index contributed by atoms with van der Waals surface area (Å²) >= 11 is 0. The van der Waals surface area contributed by atoms with Crippen molar-refractivity contribution < 1.29 is 13.2 Å². The number of hydrogen-bond donors (Lipinski definition) is 2. The number of hydrogen-bond acceptors (Lipinski definition) is 4. The fourth-order valence-corrected chi connectivity index (χ4v) is 2.22. The Morgan fingerprint density at radius 3 is 2.32 bits per heavy atom. The van der Waals surface area contributed by atoms with Gasteiger partial charge in [0, 0.05) is 20.1 Å². The van der Waals surface area contributed by atoms with E-state index in [0.717, 1.165) is 0 Å². The summed E-state index contributed by atoms with van der Waals surface area (Å²) in [6.07, 6.45) is 0.568. The molecule has 0 spiro atoms. The topological polar surface area (TPSA) is 92.5 Å². The molecule has 0 bridgehead atoms. The Balaban J connectivity index is 4.04. The lowest BCUT2D eigenvalue weighted by molar-refractivity contribution is -0.124. The standard InChI is InChI=1S/C12H27N3O3S/c1-6-19(17,18)15(5)9-7-8-14-11(16)10(13)12(2,3)4/h10H,6-9,13H2,1-5H3,(H,14,16)/t10-/m1/s1. The highest BCUT2D eigenvalue weighted by molar-refractivity contribution is 7.89. The van der Waals surface area contributed by atoms with Crippen LogP contribution in [-0.2, 0) is 14.8 Å². The maximum absolute atomic E-state index is 11.7. The lowest BCUT2D eigenvalue weighted by atomic mass is 9.87. The molecule has 0 rings (SSSR count). The summed E-state index contributed by atoms with van der Waals surface area (Å²) in [6.45, 7) is 8.12. The monoisotopic (exact) mass is 293 g/mol. The van der Waals surface area contributed by atoms with Gasteiger partial charge in [-0.2, -0.15) is 0 Å². The van der Waals surface area contributed by atoms with Crippen molar-refractivity contribution in [2.24, 2.45) is 11.1 Å². The van der Waals surface area contributed by atoms with Crippen LogP contribution in [0.2, 0.25) is 0 Å². The van der Waals surface area contributed by atoms with Crippen molar-refractivity contribution >= 4 is 15.9 Å². The van der Waals surface area contributed by atoms with E-state index >= 15 is 0 Å². The Kier molecular flexibility index (Phi) is 6.96. The zero-order valence-corrected chi connectivity index (χ0v) is 13.4. The van der Waals surface area contributed by atoms with E-state index in [2.05, 4.69) is 5.32 Å². The Morgan fingerprint density at radius 1 is 1.37 bits per heavy atom. The highest BCUT2D eigenvalue weighted by atomic mass is 32.2. The van der Waals surface area contributed by atoms with E-state index in [0.29, 0.717) is 19.5 Å². The smallest absolute Gasteiger partial charge is 0.237 e. The SMILES string of the molecule is CCS(=O)(=O)N(C)CCCNC(=O)[C@@H](N)C(C)(C)C. The van der Waals surface area contributed by atoms with Gasteiger partial charge in [0.15, 0.2) is 0 Å². The van der Waals surface area contributed by atoms with Crippen LogP contribution in [0.5, 0.6) is 0 Å². The normalized spacial score (nSPS) is 14.5. The van der Waals surface area contributed by atoms with Gasteiger partial charge in [-0.25, -0.2) is 12.7 Å². The molecule has 0 saturated carbocycles.